The minimum atomic E-state index is -2.57. The van der Waals surface area contributed by atoms with Crippen LogP contribution < -0.4 is 10.5 Å². The smallest absolute Gasteiger partial charge is 0.261 e. The van der Waals surface area contributed by atoms with Crippen LogP contribution in [0.4, 0.5) is 14.5 Å². The zero-order valence-electron chi connectivity index (χ0n) is 16.8. The summed E-state index contributed by atoms with van der Waals surface area (Å²) in [5.74, 6) is 0. The normalized spacial score (nSPS) is 19.3. The maximum atomic E-state index is 12.6. The number of rotatable bonds is 6. The van der Waals surface area contributed by atoms with E-state index in [1.807, 2.05) is 12.1 Å². The molecule has 0 atom stereocenters. The molecule has 2 aromatic rings. The van der Waals surface area contributed by atoms with Gasteiger partial charge in [-0.05, 0) is 44.1 Å². The lowest BCUT2D eigenvalue weighted by molar-refractivity contribution is 0.125. The maximum Gasteiger partial charge on any atom is 0.261 e. The predicted octanol–water partition coefficient (Wildman–Crippen LogP) is 2.27. The first kappa shape index (κ1) is 20.2. The van der Waals surface area contributed by atoms with E-state index in [4.69, 9.17) is 0 Å². The SMILES string of the molecule is O=c1c2ccc(N3CCN(CCN4CCCCC4)CC3)cc2ncn1CC(F)F. The number of likely N-dealkylation sites (tertiary alicyclic amines) is 1. The minimum absolute atomic E-state index is 0.386. The first-order valence-corrected chi connectivity index (χ1v) is 10.6. The first-order chi connectivity index (χ1) is 14.1. The first-order valence-electron chi connectivity index (χ1n) is 10.6. The zero-order chi connectivity index (χ0) is 20.2. The highest BCUT2D eigenvalue weighted by molar-refractivity contribution is 5.81. The number of piperazine rings is 1. The van der Waals surface area contributed by atoms with Crippen LogP contribution in [-0.4, -0.2) is 78.1 Å². The van der Waals surface area contributed by atoms with Crippen LogP contribution in [0, 0.1) is 0 Å². The predicted molar refractivity (Wildman–Crippen MR) is 111 cm³/mol. The van der Waals surface area contributed by atoms with Gasteiger partial charge in [-0.1, -0.05) is 6.42 Å². The molecule has 2 fully saturated rings. The fourth-order valence-corrected chi connectivity index (χ4v) is 4.32. The van der Waals surface area contributed by atoms with Crippen molar-refractivity contribution in [2.24, 2.45) is 0 Å². The van der Waals surface area contributed by atoms with E-state index >= 15 is 0 Å². The van der Waals surface area contributed by atoms with Gasteiger partial charge in [-0.2, -0.15) is 0 Å². The van der Waals surface area contributed by atoms with Gasteiger partial charge < -0.3 is 9.80 Å². The summed E-state index contributed by atoms with van der Waals surface area (Å²) in [5.41, 5.74) is 1.18. The van der Waals surface area contributed by atoms with Gasteiger partial charge in [0.25, 0.3) is 12.0 Å². The molecule has 29 heavy (non-hydrogen) atoms. The van der Waals surface area contributed by atoms with E-state index in [0.717, 1.165) is 49.5 Å². The summed E-state index contributed by atoms with van der Waals surface area (Å²) in [6.45, 7) is 8.06. The quantitative estimate of drug-likeness (QED) is 0.738. The van der Waals surface area contributed by atoms with E-state index in [0.29, 0.717) is 10.9 Å². The van der Waals surface area contributed by atoms with Gasteiger partial charge in [0.1, 0.15) is 0 Å². The van der Waals surface area contributed by atoms with Crippen molar-refractivity contribution in [3.63, 3.8) is 0 Å². The van der Waals surface area contributed by atoms with Crippen molar-refractivity contribution in [2.45, 2.75) is 32.2 Å². The number of benzene rings is 1. The Hall–Kier alpha value is -2.06. The van der Waals surface area contributed by atoms with Gasteiger partial charge in [-0.25, -0.2) is 13.8 Å². The largest absolute Gasteiger partial charge is 0.369 e. The minimum Gasteiger partial charge on any atom is -0.369 e. The second kappa shape index (κ2) is 9.17. The summed E-state index contributed by atoms with van der Waals surface area (Å²) in [6, 6.07) is 5.51. The molecule has 0 saturated carbocycles. The van der Waals surface area contributed by atoms with E-state index < -0.39 is 18.5 Å². The molecule has 158 valence electrons. The van der Waals surface area contributed by atoms with Gasteiger partial charge in [-0.3, -0.25) is 14.3 Å². The fraction of sp³-hybridized carbons (Fsp3) is 0.619. The molecule has 1 aromatic carbocycles. The summed E-state index contributed by atoms with van der Waals surface area (Å²) in [5, 5.41) is 0.386. The average molecular weight is 405 g/mol. The molecular weight excluding hydrogens is 376 g/mol. The van der Waals surface area contributed by atoms with Gasteiger partial charge in [0.2, 0.25) is 0 Å². The van der Waals surface area contributed by atoms with Crippen LogP contribution in [0.25, 0.3) is 10.9 Å². The van der Waals surface area contributed by atoms with Crippen LogP contribution in [0.5, 0.6) is 0 Å². The number of nitrogens with zero attached hydrogens (tertiary/aromatic N) is 5. The van der Waals surface area contributed by atoms with Crippen molar-refractivity contribution in [2.75, 3.05) is 57.3 Å². The topological polar surface area (TPSA) is 44.6 Å². The summed E-state index contributed by atoms with van der Waals surface area (Å²) in [7, 11) is 0. The average Bonchev–Trinajstić information content (AvgIpc) is 2.75. The third-order valence-electron chi connectivity index (χ3n) is 6.06. The molecule has 0 aliphatic carbocycles. The number of anilines is 1. The van der Waals surface area contributed by atoms with E-state index in [-0.39, 0.29) is 0 Å². The number of aromatic nitrogens is 2. The highest BCUT2D eigenvalue weighted by Crippen LogP contribution is 2.20. The van der Waals surface area contributed by atoms with E-state index in [1.54, 1.807) is 6.07 Å². The lowest BCUT2D eigenvalue weighted by atomic mass is 10.1. The van der Waals surface area contributed by atoms with E-state index in [2.05, 4.69) is 19.7 Å². The Morgan fingerprint density at radius 2 is 1.62 bits per heavy atom. The highest BCUT2D eigenvalue weighted by Gasteiger charge is 2.19. The lowest BCUT2D eigenvalue weighted by Crippen LogP contribution is -2.48. The van der Waals surface area contributed by atoms with Gasteiger partial charge in [0, 0.05) is 45.0 Å². The van der Waals surface area contributed by atoms with E-state index in [9.17, 15) is 13.6 Å². The molecule has 1 aromatic heterocycles. The second-order valence-corrected chi connectivity index (χ2v) is 8.03. The molecule has 0 radical (unpaired) electrons. The van der Waals surface area contributed by atoms with Gasteiger partial charge >= 0.3 is 0 Å². The summed E-state index contributed by atoms with van der Waals surface area (Å²) in [4.78, 5) is 24.0. The standard InChI is InChI=1S/C21H29F2N5O/c22-20(23)15-28-16-24-19-14-17(4-5-18(19)21(28)29)27-12-10-26(11-13-27)9-8-25-6-2-1-3-7-25/h4-5,14,16,20H,1-3,6-13,15H2. The Kier molecular flexibility index (Phi) is 6.40. The van der Waals surface area contributed by atoms with Crippen molar-refractivity contribution in [1.82, 2.24) is 19.4 Å². The van der Waals surface area contributed by atoms with Crippen molar-refractivity contribution < 1.29 is 8.78 Å². The van der Waals surface area contributed by atoms with Crippen LogP contribution in [-0.2, 0) is 6.54 Å². The number of fused-ring (bicyclic) bond motifs is 1. The van der Waals surface area contributed by atoms with Gasteiger partial charge in [0.05, 0.1) is 23.8 Å². The molecule has 0 amide bonds. The molecule has 4 rings (SSSR count). The Labute approximate surface area is 169 Å². The Balaban J connectivity index is 1.36. The molecule has 6 nitrogen and oxygen atoms in total. The highest BCUT2D eigenvalue weighted by atomic mass is 19.3. The number of piperidine rings is 1. The molecule has 2 saturated heterocycles. The van der Waals surface area contributed by atoms with Crippen LogP contribution in [0.3, 0.4) is 0 Å². The number of alkyl halides is 2. The molecule has 3 heterocycles. The number of hydrogen-bond donors (Lipinski definition) is 0. The summed E-state index contributed by atoms with van der Waals surface area (Å²) >= 11 is 0. The number of hydrogen-bond acceptors (Lipinski definition) is 5. The zero-order valence-corrected chi connectivity index (χ0v) is 16.8. The van der Waals surface area contributed by atoms with Crippen molar-refractivity contribution in [3.8, 4) is 0 Å². The molecular formula is C21H29F2N5O. The Morgan fingerprint density at radius 1 is 0.931 bits per heavy atom. The molecule has 2 aliphatic heterocycles. The molecule has 0 bridgehead atoms. The van der Waals surface area contributed by atoms with Crippen molar-refractivity contribution in [1.29, 1.82) is 0 Å². The van der Waals surface area contributed by atoms with Crippen molar-refractivity contribution >= 4 is 16.6 Å². The van der Waals surface area contributed by atoms with E-state index in [1.165, 1.54) is 38.7 Å². The third-order valence-corrected chi connectivity index (χ3v) is 6.06. The third kappa shape index (κ3) is 4.93. The van der Waals surface area contributed by atoms with Crippen LogP contribution in [0.1, 0.15) is 19.3 Å². The van der Waals surface area contributed by atoms with Crippen LogP contribution in [0.15, 0.2) is 29.3 Å². The molecule has 8 heteroatoms. The molecule has 0 unspecified atom stereocenters. The molecule has 0 N–H and O–H groups in total. The van der Waals surface area contributed by atoms with Gasteiger partial charge in [-0.15, -0.1) is 0 Å². The molecule has 0 spiro atoms. The maximum absolute atomic E-state index is 12.6. The summed E-state index contributed by atoms with van der Waals surface area (Å²) in [6.07, 6.45) is 2.68. The second-order valence-electron chi connectivity index (χ2n) is 8.03. The molecule has 2 aliphatic rings. The van der Waals surface area contributed by atoms with Crippen molar-refractivity contribution in [3.05, 3.63) is 34.9 Å². The number of halogens is 2. The summed E-state index contributed by atoms with van der Waals surface area (Å²) < 4.78 is 26.2. The Morgan fingerprint density at radius 3 is 2.31 bits per heavy atom. The monoisotopic (exact) mass is 405 g/mol. The Bertz CT molecular complexity index is 873. The lowest BCUT2D eigenvalue weighted by Gasteiger charge is -2.37. The van der Waals surface area contributed by atoms with Crippen LogP contribution in [0.2, 0.25) is 0 Å². The van der Waals surface area contributed by atoms with Crippen LogP contribution >= 0.6 is 0 Å². The van der Waals surface area contributed by atoms with Gasteiger partial charge in [0.15, 0.2) is 0 Å². The fourth-order valence-electron chi connectivity index (χ4n) is 4.32.